The van der Waals surface area contributed by atoms with Gasteiger partial charge in [0.2, 0.25) is 11.8 Å². The van der Waals surface area contributed by atoms with Gasteiger partial charge in [-0.3, -0.25) is 19.3 Å². The van der Waals surface area contributed by atoms with Crippen molar-refractivity contribution in [3.63, 3.8) is 0 Å². The highest BCUT2D eigenvalue weighted by molar-refractivity contribution is 8.00. The Morgan fingerprint density at radius 1 is 1.29 bits per heavy atom. The van der Waals surface area contributed by atoms with Crippen molar-refractivity contribution in [3.8, 4) is 0 Å². The number of hydrogen-bond acceptors (Lipinski definition) is 7. The predicted octanol–water partition coefficient (Wildman–Crippen LogP) is -0.705. The van der Waals surface area contributed by atoms with E-state index in [1.807, 2.05) is 6.08 Å². The first-order chi connectivity index (χ1) is 11.5. The molecule has 24 heavy (non-hydrogen) atoms. The molecule has 1 aromatic rings. The van der Waals surface area contributed by atoms with E-state index in [1.165, 1.54) is 0 Å². The van der Waals surface area contributed by atoms with Gasteiger partial charge < -0.3 is 14.9 Å². The first kappa shape index (κ1) is 14.5. The summed E-state index contributed by atoms with van der Waals surface area (Å²) in [4.78, 5) is 52.0. The highest BCUT2D eigenvalue weighted by Crippen LogP contribution is 2.64. The number of carbonyl (C=O) groups excluding carboxylic acids is 3. The van der Waals surface area contributed by atoms with Crippen molar-refractivity contribution >= 4 is 47.0 Å². The van der Waals surface area contributed by atoms with Crippen LogP contribution in [0.2, 0.25) is 0 Å². The zero-order valence-corrected chi connectivity index (χ0v) is 13.8. The van der Waals surface area contributed by atoms with Crippen LogP contribution in [0.4, 0.5) is 0 Å². The van der Waals surface area contributed by atoms with E-state index in [0.29, 0.717) is 0 Å². The molecular weight excluding hydrogens is 352 g/mol. The fourth-order valence-corrected chi connectivity index (χ4v) is 7.20. The standard InChI is InChI=1S/C15H12N2O5S2/c18-8(19)3-17-13(20)9-4-1-6(10(9)14(17)21)11-5(4)2-7-12(24-11)16-15(22)23-7/h2,4,6,9-11H,1,3H2,(H,16,22)(H,18,19)/p-1/t4-,6-,9+,10+,11+/m0/s1. The number of H-pyrrole nitrogens is 1. The van der Waals surface area contributed by atoms with Crippen LogP contribution in [-0.4, -0.2) is 39.5 Å². The maximum absolute atomic E-state index is 12.6. The van der Waals surface area contributed by atoms with Crippen molar-refractivity contribution in [1.82, 2.24) is 9.88 Å². The Morgan fingerprint density at radius 2 is 2.04 bits per heavy atom. The largest absolute Gasteiger partial charge is 0.548 e. The minimum absolute atomic E-state index is 0.0102. The van der Waals surface area contributed by atoms with Crippen LogP contribution in [-0.2, 0) is 14.4 Å². The van der Waals surface area contributed by atoms with Crippen molar-refractivity contribution in [2.24, 2.45) is 23.7 Å². The topological polar surface area (TPSA) is 110 Å². The number of aromatic amines is 1. The second-order valence-electron chi connectivity index (χ2n) is 6.58. The van der Waals surface area contributed by atoms with E-state index >= 15 is 0 Å². The zero-order valence-electron chi connectivity index (χ0n) is 12.2. The van der Waals surface area contributed by atoms with E-state index in [2.05, 4.69) is 4.98 Å². The van der Waals surface area contributed by atoms with Crippen LogP contribution in [0.25, 0.3) is 6.08 Å². The van der Waals surface area contributed by atoms with E-state index in [0.717, 1.165) is 38.1 Å². The molecule has 7 nitrogen and oxygen atoms in total. The second-order valence-corrected chi connectivity index (χ2v) is 8.75. The number of fused-ring (bicyclic) bond motifs is 9. The molecule has 2 bridgehead atoms. The summed E-state index contributed by atoms with van der Waals surface area (Å²) in [6.45, 7) is -0.665. The number of carboxylic acids is 1. The van der Waals surface area contributed by atoms with Crippen LogP contribution in [0.1, 0.15) is 11.3 Å². The van der Waals surface area contributed by atoms with Gasteiger partial charge in [0.1, 0.15) is 0 Å². The van der Waals surface area contributed by atoms with Crippen molar-refractivity contribution in [1.29, 1.82) is 0 Å². The van der Waals surface area contributed by atoms with Crippen LogP contribution in [0.5, 0.6) is 0 Å². The predicted molar refractivity (Wildman–Crippen MR) is 82.9 cm³/mol. The third-order valence-electron chi connectivity index (χ3n) is 5.53. The van der Waals surface area contributed by atoms with Gasteiger partial charge in [0, 0.05) is 5.25 Å². The fraction of sp³-hybridized carbons (Fsp3) is 0.467. The Kier molecular flexibility index (Phi) is 2.78. The molecule has 3 heterocycles. The van der Waals surface area contributed by atoms with Gasteiger partial charge in [-0.25, -0.2) is 0 Å². The van der Waals surface area contributed by atoms with Gasteiger partial charge in [-0.15, -0.1) is 0 Å². The molecule has 3 fully saturated rings. The van der Waals surface area contributed by atoms with Crippen LogP contribution in [0, 0.1) is 23.7 Å². The molecule has 1 aromatic heterocycles. The SMILES string of the molecule is O=C([O-])CN1C(=O)[C@@H]2[C@@H]3C[C@@H](C4=Cc5sc(=O)[nH]c5S[C@H]43)[C@H]2C1=O. The number of hydrogen-bond donors (Lipinski definition) is 1. The second kappa shape index (κ2) is 4.60. The molecule has 2 saturated carbocycles. The Morgan fingerprint density at radius 3 is 2.79 bits per heavy atom. The lowest BCUT2D eigenvalue weighted by atomic mass is 9.77. The molecule has 5 rings (SSSR count). The van der Waals surface area contributed by atoms with Gasteiger partial charge in [0.15, 0.2) is 0 Å². The maximum atomic E-state index is 12.6. The van der Waals surface area contributed by atoms with Gasteiger partial charge in [-0.05, 0) is 24.3 Å². The maximum Gasteiger partial charge on any atom is 0.305 e. The minimum Gasteiger partial charge on any atom is -0.548 e. The summed E-state index contributed by atoms with van der Waals surface area (Å²) in [5.41, 5.74) is 1.12. The van der Waals surface area contributed by atoms with Crippen molar-refractivity contribution < 1.29 is 19.5 Å². The summed E-state index contributed by atoms with van der Waals surface area (Å²) in [6.07, 6.45) is 2.76. The molecule has 0 spiro atoms. The first-order valence-electron chi connectivity index (χ1n) is 7.62. The molecule has 1 saturated heterocycles. The Bertz CT molecular complexity index is 900. The van der Waals surface area contributed by atoms with Crippen LogP contribution in [0.3, 0.4) is 0 Å². The number of nitrogens with one attached hydrogen (secondary N) is 1. The van der Waals surface area contributed by atoms with Crippen LogP contribution >= 0.6 is 23.1 Å². The molecular formula is C15H11N2O5S2-. The number of nitrogens with zero attached hydrogens (tertiary/aromatic N) is 1. The number of thioether (sulfide) groups is 1. The fourth-order valence-electron chi connectivity index (χ4n) is 4.76. The molecule has 2 aliphatic carbocycles. The van der Waals surface area contributed by atoms with Crippen molar-refractivity contribution in [2.45, 2.75) is 16.7 Å². The molecule has 0 unspecified atom stereocenters. The Balaban J connectivity index is 1.55. The third-order valence-corrected chi connectivity index (χ3v) is 7.92. The minimum atomic E-state index is -1.42. The van der Waals surface area contributed by atoms with Gasteiger partial charge in [-0.1, -0.05) is 28.7 Å². The number of aliphatic carboxylic acids is 1. The van der Waals surface area contributed by atoms with E-state index in [-0.39, 0.29) is 33.8 Å². The highest BCUT2D eigenvalue weighted by atomic mass is 32.2. The lowest BCUT2D eigenvalue weighted by molar-refractivity contribution is -0.305. The molecule has 1 N–H and O–H groups in total. The normalized spacial score (nSPS) is 35.8. The molecule has 4 aliphatic rings. The summed E-state index contributed by atoms with van der Waals surface area (Å²) in [7, 11) is 0. The summed E-state index contributed by atoms with van der Waals surface area (Å²) in [5, 5.41) is 11.7. The smallest absolute Gasteiger partial charge is 0.305 e. The molecule has 124 valence electrons. The molecule has 0 radical (unpaired) electrons. The lowest BCUT2D eigenvalue weighted by Gasteiger charge is -2.32. The summed E-state index contributed by atoms with van der Waals surface area (Å²) in [6, 6.07) is 0. The number of carboxylic acid groups (broad SMARTS) is 1. The van der Waals surface area contributed by atoms with Gasteiger partial charge in [0.05, 0.1) is 34.3 Å². The molecule has 0 aromatic carbocycles. The molecule has 5 atom stereocenters. The monoisotopic (exact) mass is 363 g/mol. The molecule has 2 amide bonds. The number of carbonyl (C=O) groups is 3. The quantitative estimate of drug-likeness (QED) is 0.696. The molecule has 2 aliphatic heterocycles. The highest BCUT2D eigenvalue weighted by Gasteiger charge is 2.66. The lowest BCUT2D eigenvalue weighted by Crippen LogP contribution is -2.42. The number of imide groups is 1. The summed E-state index contributed by atoms with van der Waals surface area (Å²) in [5.74, 6) is -3.12. The Labute approximate surface area is 143 Å². The van der Waals surface area contributed by atoms with Gasteiger partial charge in [0.25, 0.3) is 0 Å². The van der Waals surface area contributed by atoms with Gasteiger partial charge >= 0.3 is 4.87 Å². The van der Waals surface area contributed by atoms with E-state index in [1.54, 1.807) is 11.8 Å². The van der Waals surface area contributed by atoms with Crippen LogP contribution in [0.15, 0.2) is 15.4 Å². The van der Waals surface area contributed by atoms with E-state index in [9.17, 15) is 24.3 Å². The van der Waals surface area contributed by atoms with Crippen molar-refractivity contribution in [2.75, 3.05) is 6.54 Å². The number of thiazole rings is 1. The van der Waals surface area contributed by atoms with Crippen molar-refractivity contribution in [3.05, 3.63) is 20.1 Å². The Hall–Kier alpha value is -1.87. The summed E-state index contributed by atoms with van der Waals surface area (Å²) >= 11 is 2.70. The number of amides is 2. The number of likely N-dealkylation sites (tertiary alicyclic amines) is 1. The van der Waals surface area contributed by atoms with E-state index in [4.69, 9.17) is 0 Å². The number of rotatable bonds is 2. The molecule has 9 heteroatoms. The van der Waals surface area contributed by atoms with Crippen LogP contribution < -0.4 is 9.98 Å². The third kappa shape index (κ3) is 1.68. The number of aromatic nitrogens is 1. The summed E-state index contributed by atoms with van der Waals surface area (Å²) < 4.78 is 0. The average molecular weight is 363 g/mol. The first-order valence-corrected chi connectivity index (χ1v) is 9.31. The van der Waals surface area contributed by atoms with Gasteiger partial charge in [-0.2, -0.15) is 0 Å². The van der Waals surface area contributed by atoms with E-state index < -0.39 is 24.3 Å². The zero-order chi connectivity index (χ0) is 16.7. The average Bonchev–Trinajstić information content (AvgIpc) is 3.21.